The summed E-state index contributed by atoms with van der Waals surface area (Å²) < 4.78 is 52.0. The Kier molecular flexibility index (Phi) is 3.17. The van der Waals surface area contributed by atoms with E-state index in [1.54, 1.807) is 0 Å². The SMILES string of the molecule is Cn1nc(-c2cc(O)c(Cl)cc2F)cc1C(F)(F)F. The van der Waals surface area contributed by atoms with E-state index in [0.29, 0.717) is 10.7 Å². The monoisotopic (exact) mass is 294 g/mol. The van der Waals surface area contributed by atoms with Gasteiger partial charge in [-0.15, -0.1) is 0 Å². The second-order valence-corrected chi connectivity index (χ2v) is 4.23. The minimum absolute atomic E-state index is 0.228. The molecule has 2 aromatic rings. The second-order valence-electron chi connectivity index (χ2n) is 3.82. The molecule has 1 aromatic heterocycles. The van der Waals surface area contributed by atoms with Crippen molar-refractivity contribution >= 4 is 11.6 Å². The van der Waals surface area contributed by atoms with E-state index in [1.807, 2.05) is 0 Å². The molecule has 102 valence electrons. The lowest BCUT2D eigenvalue weighted by atomic mass is 10.1. The number of aromatic nitrogens is 2. The zero-order valence-electron chi connectivity index (χ0n) is 9.46. The van der Waals surface area contributed by atoms with Gasteiger partial charge in [-0.2, -0.15) is 18.3 Å². The van der Waals surface area contributed by atoms with Gasteiger partial charge < -0.3 is 5.11 Å². The molecule has 19 heavy (non-hydrogen) atoms. The Morgan fingerprint density at radius 3 is 2.42 bits per heavy atom. The summed E-state index contributed by atoms with van der Waals surface area (Å²) in [6.45, 7) is 0. The van der Waals surface area contributed by atoms with Gasteiger partial charge in [0.05, 0.1) is 10.7 Å². The van der Waals surface area contributed by atoms with E-state index in [2.05, 4.69) is 5.10 Å². The standard InChI is InChI=1S/C11H7ClF4N2O/c1-18-10(11(14,15)16)4-8(17-18)5-2-9(19)6(12)3-7(5)13/h2-4,19H,1H3. The van der Waals surface area contributed by atoms with Crippen molar-refractivity contribution in [1.29, 1.82) is 0 Å². The van der Waals surface area contributed by atoms with Crippen LogP contribution < -0.4 is 0 Å². The summed E-state index contributed by atoms with van der Waals surface area (Å²) in [6.07, 6.45) is -4.59. The largest absolute Gasteiger partial charge is 0.506 e. The number of aryl methyl sites for hydroxylation is 1. The fourth-order valence-corrected chi connectivity index (χ4v) is 1.75. The Morgan fingerprint density at radius 1 is 1.26 bits per heavy atom. The van der Waals surface area contributed by atoms with Gasteiger partial charge in [0.15, 0.2) is 0 Å². The molecule has 0 spiro atoms. The summed E-state index contributed by atoms with van der Waals surface area (Å²) in [6, 6.07) is 2.44. The highest BCUT2D eigenvalue weighted by molar-refractivity contribution is 6.32. The van der Waals surface area contributed by atoms with Crippen molar-refractivity contribution in [2.24, 2.45) is 7.05 Å². The molecule has 0 aliphatic rings. The van der Waals surface area contributed by atoms with Crippen LogP contribution in [-0.4, -0.2) is 14.9 Å². The maximum atomic E-state index is 13.6. The predicted molar refractivity (Wildman–Crippen MR) is 60.3 cm³/mol. The van der Waals surface area contributed by atoms with E-state index in [1.165, 1.54) is 0 Å². The number of benzene rings is 1. The summed E-state index contributed by atoms with van der Waals surface area (Å²) in [5, 5.41) is 12.7. The molecule has 1 heterocycles. The fourth-order valence-electron chi connectivity index (χ4n) is 1.60. The van der Waals surface area contributed by atoms with Crippen LogP contribution in [0.3, 0.4) is 0 Å². The number of alkyl halides is 3. The lowest BCUT2D eigenvalue weighted by Gasteiger charge is -2.04. The number of phenolic OH excluding ortho intramolecular Hbond substituents is 1. The van der Waals surface area contributed by atoms with Gasteiger partial charge in [-0.05, 0) is 18.2 Å². The van der Waals surface area contributed by atoms with Gasteiger partial charge in [-0.3, -0.25) is 4.68 Å². The van der Waals surface area contributed by atoms with Crippen LogP contribution in [0.2, 0.25) is 5.02 Å². The van der Waals surface area contributed by atoms with Crippen molar-refractivity contribution in [3.63, 3.8) is 0 Å². The first-order valence-electron chi connectivity index (χ1n) is 4.99. The van der Waals surface area contributed by atoms with Crippen molar-refractivity contribution in [2.75, 3.05) is 0 Å². The number of hydrogen-bond donors (Lipinski definition) is 1. The Morgan fingerprint density at radius 2 is 1.89 bits per heavy atom. The fraction of sp³-hybridized carbons (Fsp3) is 0.182. The third-order valence-electron chi connectivity index (χ3n) is 2.48. The molecule has 0 atom stereocenters. The highest BCUT2D eigenvalue weighted by atomic mass is 35.5. The molecule has 0 amide bonds. The molecule has 0 fully saturated rings. The van der Waals surface area contributed by atoms with Gasteiger partial charge in [0.1, 0.15) is 17.3 Å². The third-order valence-corrected chi connectivity index (χ3v) is 2.79. The quantitative estimate of drug-likeness (QED) is 0.816. The molecule has 1 N–H and O–H groups in total. The molecule has 8 heteroatoms. The van der Waals surface area contributed by atoms with Crippen LogP contribution in [0, 0.1) is 5.82 Å². The van der Waals surface area contributed by atoms with Crippen LogP contribution in [0.5, 0.6) is 5.75 Å². The molecule has 0 unspecified atom stereocenters. The first-order valence-corrected chi connectivity index (χ1v) is 5.37. The average molecular weight is 295 g/mol. The Labute approximate surface area is 110 Å². The number of aromatic hydroxyl groups is 1. The molecular formula is C11H7ClF4N2O. The van der Waals surface area contributed by atoms with E-state index in [-0.39, 0.29) is 16.3 Å². The zero-order valence-corrected chi connectivity index (χ0v) is 10.2. The number of hydrogen-bond acceptors (Lipinski definition) is 2. The molecule has 0 radical (unpaired) electrons. The van der Waals surface area contributed by atoms with Crippen LogP contribution in [-0.2, 0) is 13.2 Å². The van der Waals surface area contributed by atoms with E-state index >= 15 is 0 Å². The topological polar surface area (TPSA) is 38.0 Å². The number of rotatable bonds is 1. The van der Waals surface area contributed by atoms with Crippen LogP contribution in [0.1, 0.15) is 5.69 Å². The Balaban J connectivity index is 2.58. The van der Waals surface area contributed by atoms with E-state index in [0.717, 1.165) is 19.2 Å². The highest BCUT2D eigenvalue weighted by Crippen LogP contribution is 2.35. The van der Waals surface area contributed by atoms with Gasteiger partial charge in [-0.25, -0.2) is 4.39 Å². The summed E-state index contributed by atoms with van der Waals surface area (Å²) >= 11 is 5.49. The highest BCUT2D eigenvalue weighted by Gasteiger charge is 2.35. The van der Waals surface area contributed by atoms with Gasteiger partial charge in [0, 0.05) is 12.6 Å². The molecule has 0 saturated heterocycles. The van der Waals surface area contributed by atoms with Crippen molar-refractivity contribution in [3.05, 3.63) is 34.7 Å². The van der Waals surface area contributed by atoms with Crippen LogP contribution in [0.25, 0.3) is 11.3 Å². The zero-order chi connectivity index (χ0) is 14.4. The average Bonchev–Trinajstić information content (AvgIpc) is 2.65. The maximum Gasteiger partial charge on any atom is 0.433 e. The van der Waals surface area contributed by atoms with Crippen LogP contribution in [0.4, 0.5) is 17.6 Å². The van der Waals surface area contributed by atoms with Crippen molar-refractivity contribution in [2.45, 2.75) is 6.18 Å². The molecule has 2 rings (SSSR count). The number of phenols is 1. The minimum Gasteiger partial charge on any atom is -0.506 e. The molecule has 0 aliphatic heterocycles. The first-order chi connectivity index (χ1) is 8.70. The lowest BCUT2D eigenvalue weighted by Crippen LogP contribution is -2.11. The molecule has 0 saturated carbocycles. The second kappa shape index (κ2) is 4.41. The van der Waals surface area contributed by atoms with Crippen LogP contribution in [0.15, 0.2) is 18.2 Å². The summed E-state index contributed by atoms with van der Waals surface area (Å²) in [5.74, 6) is -1.30. The molecular weight excluding hydrogens is 288 g/mol. The summed E-state index contributed by atoms with van der Waals surface area (Å²) in [4.78, 5) is 0. The van der Waals surface area contributed by atoms with E-state index in [4.69, 9.17) is 11.6 Å². The molecule has 0 bridgehead atoms. The minimum atomic E-state index is -4.59. The number of nitrogens with zero attached hydrogens (tertiary/aromatic N) is 2. The molecule has 3 nitrogen and oxygen atoms in total. The number of halogens is 5. The van der Waals surface area contributed by atoms with Gasteiger partial charge >= 0.3 is 6.18 Å². The van der Waals surface area contributed by atoms with E-state index < -0.39 is 23.4 Å². The van der Waals surface area contributed by atoms with Crippen molar-refractivity contribution < 1.29 is 22.7 Å². The predicted octanol–water partition coefficient (Wildman–Crippen LogP) is 3.60. The first kappa shape index (κ1) is 13.7. The maximum absolute atomic E-state index is 13.6. The van der Waals surface area contributed by atoms with Gasteiger partial charge in [-0.1, -0.05) is 11.6 Å². The Hall–Kier alpha value is -1.76. The summed E-state index contributed by atoms with van der Waals surface area (Å²) in [5.41, 5.74) is -1.51. The van der Waals surface area contributed by atoms with Gasteiger partial charge in [0.2, 0.25) is 0 Å². The lowest BCUT2D eigenvalue weighted by molar-refractivity contribution is -0.143. The molecule has 0 aliphatic carbocycles. The summed E-state index contributed by atoms with van der Waals surface area (Å²) in [7, 11) is 1.10. The third kappa shape index (κ3) is 2.51. The van der Waals surface area contributed by atoms with Gasteiger partial charge in [0.25, 0.3) is 0 Å². The molecule has 1 aromatic carbocycles. The smallest absolute Gasteiger partial charge is 0.433 e. The van der Waals surface area contributed by atoms with E-state index in [9.17, 15) is 22.7 Å². The van der Waals surface area contributed by atoms with Crippen LogP contribution >= 0.6 is 11.6 Å². The van der Waals surface area contributed by atoms with Crippen molar-refractivity contribution in [3.8, 4) is 17.0 Å². The van der Waals surface area contributed by atoms with Crippen molar-refractivity contribution in [1.82, 2.24) is 9.78 Å². The Bertz CT molecular complexity index is 636. The normalized spacial score (nSPS) is 11.9.